The van der Waals surface area contributed by atoms with Crippen molar-refractivity contribution in [1.82, 2.24) is 0 Å². The smallest absolute Gasteiger partial charge is 0.309 e. The van der Waals surface area contributed by atoms with Crippen LogP contribution in [0.3, 0.4) is 0 Å². The van der Waals surface area contributed by atoms with E-state index >= 15 is 0 Å². The van der Waals surface area contributed by atoms with Crippen LogP contribution in [0.4, 0.5) is 0 Å². The first-order chi connectivity index (χ1) is 15.2. The van der Waals surface area contributed by atoms with Gasteiger partial charge in [-0.05, 0) is 123 Å². The Morgan fingerprint density at radius 3 is 1.19 bits per heavy atom. The molecule has 0 aromatic heterocycles. The summed E-state index contributed by atoms with van der Waals surface area (Å²) < 4.78 is 0. The molecule has 32 heavy (non-hydrogen) atoms. The van der Waals surface area contributed by atoms with Gasteiger partial charge >= 0.3 is 11.9 Å². The second-order valence-electron chi connectivity index (χ2n) is 13.2. The number of benzene rings is 1. The van der Waals surface area contributed by atoms with Gasteiger partial charge in [-0.15, -0.1) is 0 Å². The lowest BCUT2D eigenvalue weighted by Gasteiger charge is -2.61. The molecule has 4 nitrogen and oxygen atoms in total. The minimum absolute atomic E-state index is 0.0325. The molecule has 9 rings (SSSR count). The summed E-state index contributed by atoms with van der Waals surface area (Å²) in [7, 11) is 0. The lowest BCUT2D eigenvalue weighted by atomic mass is 9.42. The molecule has 0 unspecified atom stereocenters. The fraction of sp³-hybridized carbons (Fsp3) is 0.714. The minimum Gasteiger partial charge on any atom is -0.481 e. The highest BCUT2D eigenvalue weighted by molar-refractivity contribution is 5.76. The average Bonchev–Trinajstić information content (AvgIpc) is 2.72. The fourth-order valence-corrected chi connectivity index (χ4v) is 10.9. The highest BCUT2D eigenvalue weighted by Gasteiger charge is 2.63. The summed E-state index contributed by atoms with van der Waals surface area (Å²) in [6.45, 7) is 0. The van der Waals surface area contributed by atoms with E-state index in [1.54, 1.807) is 0 Å². The average molecular weight is 435 g/mol. The molecule has 8 aliphatic carbocycles. The molecule has 8 fully saturated rings. The van der Waals surface area contributed by atoms with Crippen LogP contribution in [0, 0.1) is 34.5 Å². The molecule has 1 aromatic carbocycles. The molecule has 8 bridgehead atoms. The maximum Gasteiger partial charge on any atom is 0.309 e. The molecule has 0 radical (unpaired) electrons. The molecule has 8 saturated carbocycles. The van der Waals surface area contributed by atoms with Crippen LogP contribution in [0.2, 0.25) is 0 Å². The maximum atomic E-state index is 12.3. The van der Waals surface area contributed by atoms with Crippen molar-refractivity contribution in [3.05, 3.63) is 35.4 Å². The van der Waals surface area contributed by atoms with E-state index in [1.807, 2.05) is 0 Å². The molecular weight excluding hydrogens is 400 g/mol. The van der Waals surface area contributed by atoms with Crippen molar-refractivity contribution in [2.45, 2.75) is 87.9 Å². The van der Waals surface area contributed by atoms with Gasteiger partial charge in [0.25, 0.3) is 0 Å². The normalized spacial score (nSPS) is 50.0. The Labute approximate surface area is 189 Å². The van der Waals surface area contributed by atoms with E-state index in [9.17, 15) is 19.8 Å². The van der Waals surface area contributed by atoms with Crippen molar-refractivity contribution in [2.24, 2.45) is 34.5 Å². The Kier molecular flexibility index (Phi) is 3.67. The number of aliphatic carboxylic acids is 2. The van der Waals surface area contributed by atoms with Crippen molar-refractivity contribution in [3.63, 3.8) is 0 Å². The predicted octanol–water partition coefficient (Wildman–Crippen LogP) is 5.53. The molecule has 1 aromatic rings. The summed E-state index contributed by atoms with van der Waals surface area (Å²) >= 11 is 0. The number of hydrogen-bond acceptors (Lipinski definition) is 2. The Bertz CT molecular complexity index is 898. The Morgan fingerprint density at radius 1 is 0.594 bits per heavy atom. The van der Waals surface area contributed by atoms with E-state index < -0.39 is 22.8 Å². The maximum absolute atomic E-state index is 12.3. The fourth-order valence-electron chi connectivity index (χ4n) is 10.9. The number of hydrogen-bond donors (Lipinski definition) is 2. The number of carboxylic acid groups (broad SMARTS) is 2. The van der Waals surface area contributed by atoms with E-state index in [4.69, 9.17) is 0 Å². The molecule has 2 N–H and O–H groups in total. The SMILES string of the molecule is O=C(O)C12C[C@H]3C[C@H](C1)CC(c1ccc(C45C[C@H]6C[C@@H](CC(C(=O)O)(C6)C4)C5)cc1)(C3)C2. The van der Waals surface area contributed by atoms with E-state index in [0.29, 0.717) is 23.7 Å². The van der Waals surface area contributed by atoms with Gasteiger partial charge in [-0.3, -0.25) is 9.59 Å². The molecule has 0 saturated heterocycles. The van der Waals surface area contributed by atoms with Crippen LogP contribution < -0.4 is 0 Å². The predicted molar refractivity (Wildman–Crippen MR) is 119 cm³/mol. The second kappa shape index (κ2) is 5.98. The summed E-state index contributed by atoms with van der Waals surface area (Å²) in [4.78, 5) is 24.6. The van der Waals surface area contributed by atoms with Crippen LogP contribution in [0.5, 0.6) is 0 Å². The van der Waals surface area contributed by atoms with Crippen LogP contribution in [0.25, 0.3) is 0 Å². The minimum atomic E-state index is -0.569. The molecule has 0 heterocycles. The Morgan fingerprint density at radius 2 is 0.906 bits per heavy atom. The molecule has 4 heteroatoms. The largest absolute Gasteiger partial charge is 0.481 e. The van der Waals surface area contributed by atoms with E-state index in [1.165, 1.54) is 24.0 Å². The van der Waals surface area contributed by atoms with Crippen LogP contribution in [-0.2, 0) is 20.4 Å². The van der Waals surface area contributed by atoms with Crippen molar-refractivity contribution in [1.29, 1.82) is 0 Å². The summed E-state index contributed by atoms with van der Waals surface area (Å²) in [5.74, 6) is 1.10. The molecule has 0 spiro atoms. The van der Waals surface area contributed by atoms with Crippen molar-refractivity contribution in [2.75, 3.05) is 0 Å². The van der Waals surface area contributed by atoms with Gasteiger partial charge in [0, 0.05) is 0 Å². The summed E-state index contributed by atoms with van der Waals surface area (Å²) in [6.07, 6.45) is 12.1. The third-order valence-electron chi connectivity index (χ3n) is 11.1. The van der Waals surface area contributed by atoms with E-state index in [0.717, 1.165) is 64.2 Å². The first-order valence-corrected chi connectivity index (χ1v) is 12.8. The van der Waals surface area contributed by atoms with Gasteiger partial charge in [-0.2, -0.15) is 0 Å². The molecule has 8 aliphatic rings. The van der Waals surface area contributed by atoms with Gasteiger partial charge in [0.15, 0.2) is 0 Å². The summed E-state index contributed by atoms with van der Waals surface area (Å²) in [6, 6.07) is 9.24. The van der Waals surface area contributed by atoms with Gasteiger partial charge in [0.05, 0.1) is 10.8 Å². The zero-order chi connectivity index (χ0) is 21.9. The van der Waals surface area contributed by atoms with Gasteiger partial charge in [-0.1, -0.05) is 24.3 Å². The number of rotatable bonds is 4. The highest BCUT2D eigenvalue weighted by Crippen LogP contribution is 2.67. The quantitative estimate of drug-likeness (QED) is 0.653. The van der Waals surface area contributed by atoms with Crippen molar-refractivity contribution < 1.29 is 19.8 Å². The zero-order valence-electron chi connectivity index (χ0n) is 18.8. The van der Waals surface area contributed by atoms with E-state index in [2.05, 4.69) is 24.3 Å². The zero-order valence-corrected chi connectivity index (χ0v) is 18.8. The first kappa shape index (κ1) is 19.6. The molecule has 0 amide bonds. The molecule has 0 aliphatic heterocycles. The second-order valence-corrected chi connectivity index (χ2v) is 13.2. The Hall–Kier alpha value is -1.84. The van der Waals surface area contributed by atoms with Crippen LogP contribution >= 0.6 is 0 Å². The Balaban J connectivity index is 1.23. The highest BCUT2D eigenvalue weighted by atomic mass is 16.4. The van der Waals surface area contributed by atoms with Crippen LogP contribution in [-0.4, -0.2) is 22.2 Å². The van der Waals surface area contributed by atoms with Gasteiger partial charge in [-0.25, -0.2) is 0 Å². The van der Waals surface area contributed by atoms with Crippen LogP contribution in [0.1, 0.15) is 88.2 Å². The monoisotopic (exact) mass is 434 g/mol. The third kappa shape index (κ3) is 2.45. The van der Waals surface area contributed by atoms with E-state index in [-0.39, 0.29) is 10.8 Å². The lowest BCUT2D eigenvalue weighted by Crippen LogP contribution is -2.57. The molecule has 4 atom stereocenters. The standard InChI is InChI=1S/C28H34O4/c29-23(30)27-11-17-5-18(12-27)8-25(7-17,15-27)21-1-2-22(4-3-21)26-9-19-6-20(10-26)14-28(13-19,16-26)24(31)32/h1-4,17-20H,5-16H2,(H,29,30)(H,31,32)/t17-,18-,19+,20+,25?,26?,27?,28?. The van der Waals surface area contributed by atoms with Gasteiger partial charge < -0.3 is 10.2 Å². The van der Waals surface area contributed by atoms with Gasteiger partial charge in [0.2, 0.25) is 0 Å². The summed E-state index contributed by atoms with van der Waals surface area (Å²) in [5, 5.41) is 20.2. The van der Waals surface area contributed by atoms with Gasteiger partial charge in [0.1, 0.15) is 0 Å². The van der Waals surface area contributed by atoms with Crippen LogP contribution in [0.15, 0.2) is 24.3 Å². The topological polar surface area (TPSA) is 74.6 Å². The number of carboxylic acids is 2. The van der Waals surface area contributed by atoms with Crippen molar-refractivity contribution >= 4 is 11.9 Å². The van der Waals surface area contributed by atoms with Crippen molar-refractivity contribution in [3.8, 4) is 0 Å². The number of carbonyl (C=O) groups is 2. The third-order valence-corrected chi connectivity index (χ3v) is 11.1. The summed E-state index contributed by atoms with van der Waals surface area (Å²) in [5.41, 5.74) is 1.75. The molecular formula is C28H34O4. The molecule has 170 valence electrons. The lowest BCUT2D eigenvalue weighted by molar-refractivity contribution is -0.168. The first-order valence-electron chi connectivity index (χ1n) is 12.8.